The molecular weight excluding hydrogens is 234 g/mol. The van der Waals surface area contributed by atoms with Gasteiger partial charge in [0.05, 0.1) is 0 Å². The summed E-state index contributed by atoms with van der Waals surface area (Å²) in [6, 6.07) is 0. The molecule has 0 amide bonds. The molecule has 0 fully saturated rings. The van der Waals surface area contributed by atoms with E-state index in [0.717, 1.165) is 19.6 Å². The summed E-state index contributed by atoms with van der Waals surface area (Å²) in [4.78, 5) is 0. The summed E-state index contributed by atoms with van der Waals surface area (Å²) in [6.07, 6.45) is 15.3. The van der Waals surface area contributed by atoms with E-state index in [1.807, 2.05) is 0 Å². The molecule has 0 bridgehead atoms. The summed E-state index contributed by atoms with van der Waals surface area (Å²) >= 11 is 0. The van der Waals surface area contributed by atoms with E-state index in [1.54, 1.807) is 0 Å². The second kappa shape index (κ2) is 16.0. The first-order chi connectivity index (χ1) is 9.31. The maximum Gasteiger partial charge on any atom is 0.105 e. The van der Waals surface area contributed by atoms with E-state index >= 15 is 0 Å². The zero-order valence-electron chi connectivity index (χ0n) is 13.7. The molecule has 0 aromatic heterocycles. The van der Waals surface area contributed by atoms with Crippen molar-refractivity contribution in [2.75, 3.05) is 13.2 Å². The third-order valence-corrected chi connectivity index (χ3v) is 3.53. The van der Waals surface area contributed by atoms with Gasteiger partial charge in [-0.1, -0.05) is 71.6 Å². The van der Waals surface area contributed by atoms with E-state index < -0.39 is 0 Å². The molecule has 1 N–H and O–H groups in total. The Balaban J connectivity index is 3.02. The molecule has 0 saturated heterocycles. The third kappa shape index (κ3) is 15.9. The Morgan fingerprint density at radius 2 is 1.26 bits per heavy atom. The minimum atomic E-state index is 0.221. The molecule has 1 unspecified atom stereocenters. The number of hydrogen-bond acceptors (Lipinski definition) is 2. The molecule has 0 aliphatic rings. The van der Waals surface area contributed by atoms with Crippen LogP contribution in [0.15, 0.2) is 0 Å². The highest BCUT2D eigenvalue weighted by atomic mass is 16.5. The van der Waals surface area contributed by atoms with Crippen LogP contribution in [-0.4, -0.2) is 19.4 Å². The van der Waals surface area contributed by atoms with Crippen molar-refractivity contribution in [3.63, 3.8) is 0 Å². The lowest BCUT2D eigenvalue weighted by Crippen LogP contribution is -2.29. The summed E-state index contributed by atoms with van der Waals surface area (Å²) in [5.74, 6) is 0. The second-order valence-corrected chi connectivity index (χ2v) is 5.65. The van der Waals surface area contributed by atoms with Crippen LogP contribution in [0.5, 0.6) is 0 Å². The van der Waals surface area contributed by atoms with Gasteiger partial charge in [-0.25, -0.2) is 0 Å². The molecule has 0 heterocycles. The highest BCUT2D eigenvalue weighted by molar-refractivity contribution is 4.52. The zero-order chi connectivity index (χ0) is 14.2. The zero-order valence-corrected chi connectivity index (χ0v) is 13.7. The first kappa shape index (κ1) is 18.9. The van der Waals surface area contributed by atoms with E-state index in [2.05, 4.69) is 26.1 Å². The van der Waals surface area contributed by atoms with Crippen LogP contribution in [0.3, 0.4) is 0 Å². The van der Waals surface area contributed by atoms with Gasteiger partial charge in [-0.2, -0.15) is 0 Å². The molecule has 0 aliphatic heterocycles. The van der Waals surface area contributed by atoms with Crippen LogP contribution in [0.2, 0.25) is 0 Å². The number of nitrogens with one attached hydrogen (secondary N) is 1. The smallest absolute Gasteiger partial charge is 0.105 e. The first-order valence-corrected chi connectivity index (χ1v) is 8.66. The quantitative estimate of drug-likeness (QED) is 0.323. The number of unbranched alkanes of at least 4 members (excludes halogenated alkanes) is 9. The van der Waals surface area contributed by atoms with Crippen molar-refractivity contribution in [1.29, 1.82) is 0 Å². The van der Waals surface area contributed by atoms with Gasteiger partial charge in [0.1, 0.15) is 6.23 Å². The maximum atomic E-state index is 5.57. The molecule has 1 atom stereocenters. The minimum absolute atomic E-state index is 0.221. The number of hydrogen-bond donors (Lipinski definition) is 1. The lowest BCUT2D eigenvalue weighted by Gasteiger charge is -2.14. The van der Waals surface area contributed by atoms with Crippen molar-refractivity contribution < 1.29 is 4.74 Å². The second-order valence-electron chi connectivity index (χ2n) is 5.65. The van der Waals surface area contributed by atoms with E-state index in [9.17, 15) is 0 Å². The van der Waals surface area contributed by atoms with Crippen molar-refractivity contribution in [2.24, 2.45) is 0 Å². The van der Waals surface area contributed by atoms with Gasteiger partial charge < -0.3 is 4.74 Å². The Morgan fingerprint density at radius 3 is 1.79 bits per heavy atom. The summed E-state index contributed by atoms with van der Waals surface area (Å²) in [5, 5.41) is 3.42. The Bertz CT molecular complexity index is 161. The fourth-order valence-corrected chi connectivity index (χ4v) is 2.27. The highest BCUT2D eigenvalue weighted by Gasteiger charge is 1.99. The highest BCUT2D eigenvalue weighted by Crippen LogP contribution is 2.10. The molecule has 2 heteroatoms. The van der Waals surface area contributed by atoms with Crippen molar-refractivity contribution in [3.8, 4) is 0 Å². The van der Waals surface area contributed by atoms with E-state index in [0.29, 0.717) is 0 Å². The summed E-state index contributed by atoms with van der Waals surface area (Å²) in [7, 11) is 0. The standard InChI is InChI=1S/C17H37NO/c1-4-6-7-8-9-10-11-12-13-14-15-18-17(3)19-16-5-2/h17-18H,4-16H2,1-3H3. The molecular formula is C17H37NO. The van der Waals surface area contributed by atoms with Gasteiger partial charge in [0.2, 0.25) is 0 Å². The SMILES string of the molecule is CCCCCCCCCCCCNC(C)OCCC. The van der Waals surface area contributed by atoms with Gasteiger partial charge in [0.25, 0.3) is 0 Å². The van der Waals surface area contributed by atoms with E-state index in [1.165, 1.54) is 64.2 Å². The minimum Gasteiger partial charge on any atom is -0.364 e. The summed E-state index contributed by atoms with van der Waals surface area (Å²) in [6.45, 7) is 8.50. The Hall–Kier alpha value is -0.0800. The molecule has 0 spiro atoms. The van der Waals surface area contributed by atoms with Gasteiger partial charge in [-0.05, 0) is 26.3 Å². The van der Waals surface area contributed by atoms with Crippen LogP contribution in [0.25, 0.3) is 0 Å². The number of rotatable bonds is 15. The molecule has 0 aromatic carbocycles. The monoisotopic (exact) mass is 271 g/mol. The van der Waals surface area contributed by atoms with Crippen molar-refractivity contribution in [3.05, 3.63) is 0 Å². The molecule has 0 aliphatic carbocycles. The molecule has 116 valence electrons. The predicted molar refractivity (Wildman–Crippen MR) is 85.6 cm³/mol. The van der Waals surface area contributed by atoms with Crippen LogP contribution in [0.4, 0.5) is 0 Å². The van der Waals surface area contributed by atoms with E-state index in [4.69, 9.17) is 4.74 Å². The normalized spacial score (nSPS) is 12.8. The summed E-state index contributed by atoms with van der Waals surface area (Å²) in [5.41, 5.74) is 0. The van der Waals surface area contributed by atoms with Gasteiger partial charge in [0.15, 0.2) is 0 Å². The van der Waals surface area contributed by atoms with Crippen molar-refractivity contribution in [1.82, 2.24) is 5.32 Å². The van der Waals surface area contributed by atoms with Gasteiger partial charge in [0, 0.05) is 6.61 Å². The van der Waals surface area contributed by atoms with Crippen LogP contribution >= 0.6 is 0 Å². The fraction of sp³-hybridized carbons (Fsp3) is 1.00. The average molecular weight is 271 g/mol. The van der Waals surface area contributed by atoms with Crippen LogP contribution in [-0.2, 0) is 4.74 Å². The molecule has 0 radical (unpaired) electrons. The van der Waals surface area contributed by atoms with Gasteiger partial charge in [-0.3, -0.25) is 5.32 Å². The molecule has 19 heavy (non-hydrogen) atoms. The topological polar surface area (TPSA) is 21.3 Å². The van der Waals surface area contributed by atoms with Gasteiger partial charge >= 0.3 is 0 Å². The molecule has 0 aromatic rings. The van der Waals surface area contributed by atoms with Crippen LogP contribution < -0.4 is 5.32 Å². The van der Waals surface area contributed by atoms with Crippen molar-refractivity contribution in [2.45, 2.75) is 97.6 Å². The maximum absolute atomic E-state index is 5.57. The molecule has 0 saturated carbocycles. The van der Waals surface area contributed by atoms with Gasteiger partial charge in [-0.15, -0.1) is 0 Å². The first-order valence-electron chi connectivity index (χ1n) is 8.66. The molecule has 2 nitrogen and oxygen atoms in total. The Morgan fingerprint density at radius 1 is 0.737 bits per heavy atom. The largest absolute Gasteiger partial charge is 0.364 e. The van der Waals surface area contributed by atoms with Crippen LogP contribution in [0, 0.1) is 0 Å². The number of ether oxygens (including phenoxy) is 1. The lowest BCUT2D eigenvalue weighted by molar-refractivity contribution is 0.0431. The molecule has 0 rings (SSSR count). The third-order valence-electron chi connectivity index (χ3n) is 3.53. The lowest BCUT2D eigenvalue weighted by atomic mass is 10.1. The Kier molecular flexibility index (Phi) is 15.9. The van der Waals surface area contributed by atoms with Crippen molar-refractivity contribution >= 4 is 0 Å². The van der Waals surface area contributed by atoms with E-state index in [-0.39, 0.29) is 6.23 Å². The average Bonchev–Trinajstić information content (AvgIpc) is 2.42. The Labute approximate surface area is 121 Å². The predicted octanol–water partition coefficient (Wildman–Crippen LogP) is 5.27. The van der Waals surface area contributed by atoms with Crippen LogP contribution in [0.1, 0.15) is 91.4 Å². The fourth-order valence-electron chi connectivity index (χ4n) is 2.27. The summed E-state index contributed by atoms with van der Waals surface area (Å²) < 4.78 is 5.57.